The fraction of sp³-hybridized carbons (Fsp3) is 0.250. The number of amides is 1. The molecule has 2 N–H and O–H groups in total. The highest BCUT2D eigenvalue weighted by Crippen LogP contribution is 2.28. The van der Waals surface area contributed by atoms with Crippen molar-refractivity contribution >= 4 is 45.7 Å². The minimum Gasteiger partial charge on any atom is -0.494 e. The van der Waals surface area contributed by atoms with Gasteiger partial charge in [0.15, 0.2) is 10.7 Å². The van der Waals surface area contributed by atoms with Crippen LogP contribution in [-0.4, -0.2) is 35.7 Å². The maximum absolute atomic E-state index is 12.5. The predicted octanol–water partition coefficient (Wildman–Crippen LogP) is 6.26. The van der Waals surface area contributed by atoms with Crippen molar-refractivity contribution in [2.24, 2.45) is 0 Å². The Hall–Kier alpha value is -3.91. The van der Waals surface area contributed by atoms with Crippen molar-refractivity contribution in [2.45, 2.75) is 27.2 Å². The van der Waals surface area contributed by atoms with Crippen molar-refractivity contribution in [2.75, 3.05) is 29.9 Å². The summed E-state index contributed by atoms with van der Waals surface area (Å²) in [6.45, 7) is 8.87. The third-order valence-corrected chi connectivity index (χ3v) is 5.91. The summed E-state index contributed by atoms with van der Waals surface area (Å²) in [5.74, 6) is 0.984. The molecular formula is C28H30N4O3S. The summed E-state index contributed by atoms with van der Waals surface area (Å²) in [5, 5.41) is 5.94. The van der Waals surface area contributed by atoms with E-state index in [-0.39, 0.29) is 11.0 Å². The van der Waals surface area contributed by atoms with Crippen molar-refractivity contribution in [1.29, 1.82) is 0 Å². The Labute approximate surface area is 216 Å². The Morgan fingerprint density at radius 2 is 1.72 bits per heavy atom. The van der Waals surface area contributed by atoms with Gasteiger partial charge in [0.1, 0.15) is 11.3 Å². The van der Waals surface area contributed by atoms with Crippen LogP contribution in [0.25, 0.3) is 22.6 Å². The van der Waals surface area contributed by atoms with Crippen molar-refractivity contribution < 1.29 is 13.9 Å². The highest BCUT2D eigenvalue weighted by Gasteiger charge is 2.12. The lowest BCUT2D eigenvalue weighted by Gasteiger charge is -2.20. The number of aromatic nitrogens is 1. The van der Waals surface area contributed by atoms with E-state index in [2.05, 4.69) is 46.5 Å². The average Bonchev–Trinajstić information content (AvgIpc) is 3.32. The number of fused-ring (bicyclic) bond motifs is 1. The normalized spacial score (nSPS) is 10.8. The lowest BCUT2D eigenvalue weighted by molar-refractivity contribution is 0.0977. The molecule has 0 unspecified atom stereocenters. The van der Waals surface area contributed by atoms with Crippen LogP contribution in [0.2, 0.25) is 0 Å². The van der Waals surface area contributed by atoms with Gasteiger partial charge in [0.25, 0.3) is 5.91 Å². The van der Waals surface area contributed by atoms with Crippen LogP contribution in [0.5, 0.6) is 5.75 Å². The molecule has 1 amide bonds. The Balaban J connectivity index is 1.40. The highest BCUT2D eigenvalue weighted by molar-refractivity contribution is 7.80. The lowest BCUT2D eigenvalue weighted by Crippen LogP contribution is -2.34. The standard InChI is InChI=1S/C28H30N4O3S/c1-4-17-34-23-14-9-19(10-15-23)26(33)31-28(36)29-21-11-16-25-24(18-21)30-27(35-25)20-7-12-22(13-8-20)32(5-2)6-3/h7-16,18H,4-6,17H2,1-3H3,(H2,29,31,33,36). The molecule has 4 aromatic rings. The smallest absolute Gasteiger partial charge is 0.257 e. The first-order valence-corrected chi connectivity index (χ1v) is 12.5. The zero-order chi connectivity index (χ0) is 25.5. The van der Waals surface area contributed by atoms with Gasteiger partial charge < -0.3 is 19.4 Å². The highest BCUT2D eigenvalue weighted by atomic mass is 32.1. The fourth-order valence-electron chi connectivity index (χ4n) is 3.79. The quantitative estimate of drug-likeness (QED) is 0.262. The number of anilines is 2. The van der Waals surface area contributed by atoms with Crippen LogP contribution in [0.4, 0.5) is 11.4 Å². The van der Waals surface area contributed by atoms with Gasteiger partial charge in [0.2, 0.25) is 5.89 Å². The van der Waals surface area contributed by atoms with E-state index in [1.54, 1.807) is 24.3 Å². The van der Waals surface area contributed by atoms with Gasteiger partial charge >= 0.3 is 0 Å². The molecule has 4 rings (SSSR count). The molecule has 7 nitrogen and oxygen atoms in total. The molecule has 0 aliphatic heterocycles. The van der Waals surface area contributed by atoms with E-state index in [0.29, 0.717) is 34.8 Å². The third-order valence-electron chi connectivity index (χ3n) is 5.70. The zero-order valence-corrected chi connectivity index (χ0v) is 21.5. The number of carbonyl (C=O) groups excluding carboxylic acids is 1. The molecule has 8 heteroatoms. The Kier molecular flexibility index (Phi) is 8.17. The van der Waals surface area contributed by atoms with Gasteiger partial charge in [-0.3, -0.25) is 10.1 Å². The second kappa shape index (κ2) is 11.7. The topological polar surface area (TPSA) is 79.6 Å². The summed E-state index contributed by atoms with van der Waals surface area (Å²) in [4.78, 5) is 19.5. The molecule has 0 saturated carbocycles. The minimum absolute atomic E-state index is 0.196. The number of hydrogen-bond acceptors (Lipinski definition) is 6. The van der Waals surface area contributed by atoms with Crippen molar-refractivity contribution in [3.8, 4) is 17.2 Å². The second-order valence-corrected chi connectivity index (χ2v) is 8.61. The molecule has 0 saturated heterocycles. The summed E-state index contributed by atoms with van der Waals surface area (Å²) in [6, 6.07) is 20.7. The zero-order valence-electron chi connectivity index (χ0n) is 20.7. The molecule has 1 aromatic heterocycles. The van der Waals surface area contributed by atoms with E-state index in [4.69, 9.17) is 21.4 Å². The molecule has 36 heavy (non-hydrogen) atoms. The molecule has 3 aromatic carbocycles. The third kappa shape index (κ3) is 6.01. The Morgan fingerprint density at radius 1 is 1.00 bits per heavy atom. The first kappa shape index (κ1) is 25.2. The first-order chi connectivity index (χ1) is 17.5. The van der Waals surface area contributed by atoms with Gasteiger partial charge in [-0.2, -0.15) is 0 Å². The van der Waals surface area contributed by atoms with Gasteiger partial charge in [-0.25, -0.2) is 4.98 Å². The SMILES string of the molecule is CCCOc1ccc(C(=O)NC(=S)Nc2ccc3oc(-c4ccc(N(CC)CC)cc4)nc3c2)cc1. The monoisotopic (exact) mass is 502 g/mol. The number of nitrogens with zero attached hydrogens (tertiary/aromatic N) is 2. The first-order valence-electron chi connectivity index (χ1n) is 12.1. The van der Waals surface area contributed by atoms with E-state index in [0.717, 1.165) is 30.8 Å². The fourth-order valence-corrected chi connectivity index (χ4v) is 4.00. The van der Waals surface area contributed by atoms with E-state index < -0.39 is 0 Å². The summed E-state index contributed by atoms with van der Waals surface area (Å²) in [5.41, 5.74) is 4.64. The van der Waals surface area contributed by atoms with E-state index in [1.165, 1.54) is 5.69 Å². The van der Waals surface area contributed by atoms with Gasteiger partial charge in [0, 0.05) is 35.6 Å². The molecule has 186 valence electrons. The van der Waals surface area contributed by atoms with Crippen LogP contribution in [0.3, 0.4) is 0 Å². The molecule has 0 aliphatic rings. The molecule has 0 spiro atoms. The van der Waals surface area contributed by atoms with E-state index >= 15 is 0 Å². The predicted molar refractivity (Wildman–Crippen MR) is 149 cm³/mol. The molecule has 0 fully saturated rings. The molecular weight excluding hydrogens is 472 g/mol. The number of hydrogen-bond donors (Lipinski definition) is 2. The van der Waals surface area contributed by atoms with Crippen LogP contribution < -0.4 is 20.3 Å². The van der Waals surface area contributed by atoms with Crippen LogP contribution in [0.1, 0.15) is 37.6 Å². The minimum atomic E-state index is -0.299. The average molecular weight is 503 g/mol. The molecule has 0 atom stereocenters. The molecule has 0 aliphatic carbocycles. The van der Waals surface area contributed by atoms with Crippen LogP contribution >= 0.6 is 12.2 Å². The summed E-state index contributed by atoms with van der Waals surface area (Å²) in [6.07, 6.45) is 0.924. The maximum Gasteiger partial charge on any atom is 0.257 e. The number of nitrogens with one attached hydrogen (secondary N) is 2. The lowest BCUT2D eigenvalue weighted by atomic mass is 10.2. The Bertz CT molecular complexity index is 1330. The number of rotatable bonds is 9. The van der Waals surface area contributed by atoms with Gasteiger partial charge in [-0.15, -0.1) is 0 Å². The van der Waals surface area contributed by atoms with Crippen molar-refractivity contribution in [1.82, 2.24) is 10.3 Å². The molecule has 0 bridgehead atoms. The van der Waals surface area contributed by atoms with Crippen molar-refractivity contribution in [3.63, 3.8) is 0 Å². The summed E-state index contributed by atoms with van der Waals surface area (Å²) >= 11 is 5.34. The molecule has 1 heterocycles. The van der Waals surface area contributed by atoms with Crippen LogP contribution in [-0.2, 0) is 0 Å². The summed E-state index contributed by atoms with van der Waals surface area (Å²) in [7, 11) is 0. The van der Waals surface area contributed by atoms with Gasteiger partial charge in [-0.1, -0.05) is 6.92 Å². The number of thiocarbonyl (C=S) groups is 1. The second-order valence-electron chi connectivity index (χ2n) is 8.20. The van der Waals surface area contributed by atoms with E-state index in [9.17, 15) is 4.79 Å². The number of oxazole rings is 1. The largest absolute Gasteiger partial charge is 0.494 e. The van der Waals surface area contributed by atoms with Crippen LogP contribution in [0.15, 0.2) is 71.1 Å². The van der Waals surface area contributed by atoms with Gasteiger partial charge in [-0.05, 0) is 99.2 Å². The van der Waals surface area contributed by atoms with Crippen molar-refractivity contribution in [3.05, 3.63) is 72.3 Å². The number of ether oxygens (including phenoxy) is 1. The maximum atomic E-state index is 12.5. The van der Waals surface area contributed by atoms with Gasteiger partial charge in [0.05, 0.1) is 6.61 Å². The molecule has 0 radical (unpaired) electrons. The number of benzene rings is 3. The number of carbonyl (C=O) groups is 1. The van der Waals surface area contributed by atoms with E-state index in [1.807, 2.05) is 37.3 Å². The Morgan fingerprint density at radius 3 is 2.39 bits per heavy atom. The van der Waals surface area contributed by atoms with Crippen LogP contribution in [0, 0.1) is 0 Å². The summed E-state index contributed by atoms with van der Waals surface area (Å²) < 4.78 is 11.5.